The van der Waals surface area contributed by atoms with Crippen LogP contribution in [0.3, 0.4) is 0 Å². The Hall–Kier alpha value is -2.85. The summed E-state index contributed by atoms with van der Waals surface area (Å²) in [5, 5.41) is 18.7. The van der Waals surface area contributed by atoms with Gasteiger partial charge in [0.1, 0.15) is 17.7 Å². The minimum Gasteiger partial charge on any atom is -0.455 e. The lowest BCUT2D eigenvalue weighted by Crippen LogP contribution is -1.88. The van der Waals surface area contributed by atoms with Gasteiger partial charge in [-0.2, -0.15) is 10.5 Å². The number of rotatable bonds is 0. The van der Waals surface area contributed by atoms with Gasteiger partial charge in [0, 0.05) is 5.39 Å². The number of hydrogen-bond donors (Lipinski definition) is 0. The van der Waals surface area contributed by atoms with Gasteiger partial charge in [-0.15, -0.1) is 0 Å². The third-order valence-corrected chi connectivity index (χ3v) is 2.83. The van der Waals surface area contributed by atoms with Gasteiger partial charge < -0.3 is 4.42 Å². The molecule has 1 heterocycles. The molecule has 0 aliphatic rings. The van der Waals surface area contributed by atoms with E-state index in [9.17, 15) is 4.39 Å². The molecule has 3 aromatic rings. The molecule has 0 radical (unpaired) electrons. The predicted molar refractivity (Wildman–Crippen MR) is 63.1 cm³/mol. The maximum Gasteiger partial charge on any atom is 0.156 e. The van der Waals surface area contributed by atoms with Crippen LogP contribution in [0.15, 0.2) is 34.7 Å². The molecule has 2 aromatic carbocycles. The molecular weight excluding hydrogens is 231 g/mol. The van der Waals surface area contributed by atoms with Crippen LogP contribution in [0.25, 0.3) is 21.9 Å². The van der Waals surface area contributed by atoms with Crippen LogP contribution in [0, 0.1) is 28.5 Å². The monoisotopic (exact) mass is 236 g/mol. The van der Waals surface area contributed by atoms with Gasteiger partial charge >= 0.3 is 0 Å². The van der Waals surface area contributed by atoms with E-state index in [4.69, 9.17) is 14.9 Å². The molecule has 0 saturated heterocycles. The minimum atomic E-state index is -0.642. The molecule has 0 unspecified atom stereocenters. The molecule has 3 nitrogen and oxygen atoms in total. The van der Waals surface area contributed by atoms with Crippen molar-refractivity contribution in [3.63, 3.8) is 0 Å². The van der Waals surface area contributed by atoms with Crippen LogP contribution in [0.4, 0.5) is 4.39 Å². The van der Waals surface area contributed by atoms with Crippen molar-refractivity contribution in [2.75, 3.05) is 0 Å². The largest absolute Gasteiger partial charge is 0.455 e. The fraction of sp³-hybridized carbons (Fsp3) is 0. The first-order valence-electron chi connectivity index (χ1n) is 5.20. The molecule has 0 aliphatic heterocycles. The van der Waals surface area contributed by atoms with Crippen molar-refractivity contribution >= 4 is 21.9 Å². The van der Waals surface area contributed by atoms with Gasteiger partial charge in [0.25, 0.3) is 0 Å². The molecule has 18 heavy (non-hydrogen) atoms. The first-order chi connectivity index (χ1) is 8.76. The molecule has 0 atom stereocenters. The van der Waals surface area contributed by atoms with Crippen molar-refractivity contribution < 1.29 is 8.81 Å². The summed E-state index contributed by atoms with van der Waals surface area (Å²) >= 11 is 0. The molecule has 3 rings (SSSR count). The third-order valence-electron chi connectivity index (χ3n) is 2.83. The molecule has 0 amide bonds. The molecule has 0 spiro atoms. The molecule has 0 fully saturated rings. The van der Waals surface area contributed by atoms with E-state index >= 15 is 0 Å². The van der Waals surface area contributed by atoms with Crippen molar-refractivity contribution in [3.8, 4) is 12.1 Å². The number of benzene rings is 2. The second kappa shape index (κ2) is 3.58. The lowest BCUT2D eigenvalue weighted by Gasteiger charge is -1.97. The zero-order chi connectivity index (χ0) is 12.7. The van der Waals surface area contributed by atoms with Gasteiger partial charge in [-0.25, -0.2) is 4.39 Å². The van der Waals surface area contributed by atoms with Crippen LogP contribution in [-0.4, -0.2) is 0 Å². The van der Waals surface area contributed by atoms with Crippen molar-refractivity contribution in [1.29, 1.82) is 10.5 Å². The zero-order valence-corrected chi connectivity index (χ0v) is 9.07. The van der Waals surface area contributed by atoms with Gasteiger partial charge in [0.15, 0.2) is 11.4 Å². The molecule has 0 aliphatic carbocycles. The molecule has 0 N–H and O–H groups in total. The number of nitrogens with zero attached hydrogens (tertiary/aromatic N) is 2. The molecule has 0 saturated carbocycles. The molecule has 1 aromatic heterocycles. The Bertz CT molecular complexity index is 865. The lowest BCUT2D eigenvalue weighted by molar-refractivity contribution is 0.630. The van der Waals surface area contributed by atoms with Crippen LogP contribution in [-0.2, 0) is 0 Å². The Morgan fingerprint density at radius 3 is 2.50 bits per heavy atom. The molecule has 84 valence electrons. The Labute approximate surface area is 101 Å². The highest BCUT2D eigenvalue weighted by Gasteiger charge is 2.18. The summed E-state index contributed by atoms with van der Waals surface area (Å²) in [5.41, 5.74) is 0.706. The van der Waals surface area contributed by atoms with Gasteiger partial charge in [0.05, 0.1) is 16.5 Å². The second-order valence-electron chi connectivity index (χ2n) is 3.81. The van der Waals surface area contributed by atoms with E-state index in [0.717, 1.165) is 0 Å². The lowest BCUT2D eigenvalue weighted by atomic mass is 10.0. The van der Waals surface area contributed by atoms with E-state index in [2.05, 4.69) is 0 Å². The average molecular weight is 236 g/mol. The number of fused-ring (bicyclic) bond motifs is 3. The Morgan fingerprint density at radius 1 is 1.06 bits per heavy atom. The number of halogens is 1. The standard InChI is InChI=1S/C14H5FN2O/c15-13-8(6-16)5-9(7-17)14-12(13)10-3-1-2-4-11(10)18-14/h1-5H. The summed E-state index contributed by atoms with van der Waals surface area (Å²) in [5.74, 6) is -0.642. The number of nitriles is 2. The van der Waals surface area contributed by atoms with Crippen molar-refractivity contribution in [1.82, 2.24) is 0 Å². The number of hydrogen-bond acceptors (Lipinski definition) is 3. The summed E-state index contributed by atoms with van der Waals surface area (Å²) < 4.78 is 19.6. The Kier molecular flexibility index (Phi) is 2.05. The fourth-order valence-electron chi connectivity index (χ4n) is 2.03. The Morgan fingerprint density at radius 2 is 1.78 bits per heavy atom. The van der Waals surface area contributed by atoms with Crippen molar-refractivity contribution in [3.05, 3.63) is 47.3 Å². The van der Waals surface area contributed by atoms with E-state index in [0.29, 0.717) is 11.0 Å². The number of furan rings is 1. The summed E-state index contributed by atoms with van der Waals surface area (Å²) in [6.07, 6.45) is 0. The maximum atomic E-state index is 14.2. The van der Waals surface area contributed by atoms with E-state index in [1.54, 1.807) is 30.3 Å². The quantitative estimate of drug-likeness (QED) is 0.600. The van der Waals surface area contributed by atoms with E-state index in [-0.39, 0.29) is 22.1 Å². The van der Waals surface area contributed by atoms with Crippen LogP contribution in [0.5, 0.6) is 0 Å². The normalized spacial score (nSPS) is 10.4. The van der Waals surface area contributed by atoms with Crippen LogP contribution in [0.1, 0.15) is 11.1 Å². The molecule has 0 bridgehead atoms. The smallest absolute Gasteiger partial charge is 0.156 e. The van der Waals surface area contributed by atoms with Crippen molar-refractivity contribution in [2.24, 2.45) is 0 Å². The highest BCUT2D eigenvalue weighted by atomic mass is 19.1. The fourth-order valence-corrected chi connectivity index (χ4v) is 2.03. The Balaban J connectivity index is 2.65. The molecule has 4 heteroatoms. The van der Waals surface area contributed by atoms with E-state index in [1.807, 2.05) is 6.07 Å². The first-order valence-corrected chi connectivity index (χ1v) is 5.20. The van der Waals surface area contributed by atoms with Crippen molar-refractivity contribution in [2.45, 2.75) is 0 Å². The molecular formula is C14H5FN2O. The second-order valence-corrected chi connectivity index (χ2v) is 3.81. The van der Waals surface area contributed by atoms with E-state index < -0.39 is 5.82 Å². The highest BCUT2D eigenvalue weighted by molar-refractivity contribution is 6.07. The summed E-state index contributed by atoms with van der Waals surface area (Å²) in [7, 11) is 0. The average Bonchev–Trinajstić information content (AvgIpc) is 2.79. The van der Waals surface area contributed by atoms with Crippen LogP contribution in [0.2, 0.25) is 0 Å². The number of para-hydroxylation sites is 1. The summed E-state index contributed by atoms with van der Waals surface area (Å²) in [6.45, 7) is 0. The minimum absolute atomic E-state index is 0.148. The summed E-state index contributed by atoms with van der Waals surface area (Å²) in [6, 6.07) is 11.8. The summed E-state index contributed by atoms with van der Waals surface area (Å²) in [4.78, 5) is 0. The maximum absolute atomic E-state index is 14.2. The third kappa shape index (κ3) is 1.20. The first kappa shape index (κ1) is 10.3. The van der Waals surface area contributed by atoms with Gasteiger partial charge in [0.2, 0.25) is 0 Å². The zero-order valence-electron chi connectivity index (χ0n) is 9.07. The van der Waals surface area contributed by atoms with Crippen LogP contribution >= 0.6 is 0 Å². The van der Waals surface area contributed by atoms with Gasteiger partial charge in [-0.3, -0.25) is 0 Å². The SMILES string of the molecule is N#Cc1cc(C#N)c2oc3ccccc3c2c1F. The van der Waals surface area contributed by atoms with Crippen LogP contribution < -0.4 is 0 Å². The van der Waals surface area contributed by atoms with Gasteiger partial charge in [-0.05, 0) is 12.1 Å². The highest BCUT2D eigenvalue weighted by Crippen LogP contribution is 2.34. The topological polar surface area (TPSA) is 60.7 Å². The van der Waals surface area contributed by atoms with E-state index in [1.165, 1.54) is 6.07 Å². The predicted octanol–water partition coefficient (Wildman–Crippen LogP) is 3.47. The van der Waals surface area contributed by atoms with Gasteiger partial charge in [-0.1, -0.05) is 18.2 Å².